The van der Waals surface area contributed by atoms with Crippen molar-refractivity contribution in [3.8, 4) is 0 Å². The summed E-state index contributed by atoms with van der Waals surface area (Å²) >= 11 is 0. The molecule has 1 aliphatic carbocycles. The van der Waals surface area contributed by atoms with Crippen LogP contribution in [0.25, 0.3) is 0 Å². The Morgan fingerprint density at radius 2 is 1.95 bits per heavy atom. The third-order valence-corrected chi connectivity index (χ3v) is 5.10. The fourth-order valence-corrected chi connectivity index (χ4v) is 3.77. The molecule has 1 amide bonds. The van der Waals surface area contributed by atoms with Gasteiger partial charge in [0.25, 0.3) is 0 Å². The first kappa shape index (κ1) is 16.8. The topological polar surface area (TPSA) is 50.4 Å². The zero-order valence-electron chi connectivity index (χ0n) is 13.9. The van der Waals surface area contributed by atoms with Crippen molar-refractivity contribution in [2.75, 3.05) is 19.7 Å². The van der Waals surface area contributed by atoms with Crippen molar-refractivity contribution in [2.24, 2.45) is 17.8 Å². The van der Waals surface area contributed by atoms with E-state index in [2.05, 4.69) is 31.4 Å². The Kier molecular flexibility index (Phi) is 6.49. The molecule has 21 heavy (non-hydrogen) atoms. The number of amides is 1. The summed E-state index contributed by atoms with van der Waals surface area (Å²) < 4.78 is 5.76. The smallest absolute Gasteiger partial charge is 0.246 e. The highest BCUT2D eigenvalue weighted by atomic mass is 16.5. The second-order valence-electron chi connectivity index (χ2n) is 7.26. The molecule has 0 radical (unpaired) electrons. The number of hydrogen-bond acceptors (Lipinski definition) is 3. The Morgan fingerprint density at radius 3 is 2.62 bits per heavy atom. The van der Waals surface area contributed by atoms with Crippen LogP contribution in [0, 0.1) is 17.8 Å². The molecule has 4 heteroatoms. The molecule has 2 rings (SSSR count). The summed E-state index contributed by atoms with van der Waals surface area (Å²) in [6, 6.07) is 0.331. The molecule has 2 aliphatic rings. The van der Waals surface area contributed by atoms with Gasteiger partial charge in [-0.3, -0.25) is 4.79 Å². The van der Waals surface area contributed by atoms with E-state index in [0.717, 1.165) is 38.3 Å². The summed E-state index contributed by atoms with van der Waals surface area (Å²) in [6.07, 6.45) is 5.93. The summed E-state index contributed by atoms with van der Waals surface area (Å²) in [6.45, 7) is 9.06. The van der Waals surface area contributed by atoms with Gasteiger partial charge in [0.2, 0.25) is 5.91 Å². The van der Waals surface area contributed by atoms with Crippen LogP contribution < -0.4 is 10.6 Å². The number of carbonyl (C=O) groups is 1. The maximum atomic E-state index is 12.2. The van der Waals surface area contributed by atoms with Crippen LogP contribution in [0.2, 0.25) is 0 Å². The molecule has 122 valence electrons. The Hall–Kier alpha value is -0.610. The Bertz CT molecular complexity index is 327. The predicted octanol–water partition coefficient (Wildman–Crippen LogP) is 2.33. The molecule has 0 aromatic rings. The normalized spacial score (nSPS) is 31.3. The van der Waals surface area contributed by atoms with Crippen LogP contribution in [0.5, 0.6) is 0 Å². The lowest BCUT2D eigenvalue weighted by atomic mass is 9.74. The first-order valence-corrected chi connectivity index (χ1v) is 8.68. The van der Waals surface area contributed by atoms with Crippen LogP contribution >= 0.6 is 0 Å². The van der Waals surface area contributed by atoms with E-state index in [9.17, 15) is 4.79 Å². The van der Waals surface area contributed by atoms with Crippen LogP contribution in [0.1, 0.15) is 52.9 Å². The van der Waals surface area contributed by atoms with Crippen molar-refractivity contribution in [1.82, 2.24) is 10.6 Å². The molecule has 0 aromatic carbocycles. The molecule has 0 aromatic heterocycles. The Labute approximate surface area is 129 Å². The summed E-state index contributed by atoms with van der Waals surface area (Å²) in [5.41, 5.74) is 0. The van der Waals surface area contributed by atoms with E-state index in [4.69, 9.17) is 4.74 Å². The van der Waals surface area contributed by atoms with Crippen molar-refractivity contribution in [3.05, 3.63) is 0 Å². The number of ether oxygens (including phenoxy) is 1. The predicted molar refractivity (Wildman–Crippen MR) is 85.1 cm³/mol. The van der Waals surface area contributed by atoms with E-state index in [1.807, 2.05) is 0 Å². The highest BCUT2D eigenvalue weighted by molar-refractivity contribution is 5.77. The molecule has 3 unspecified atom stereocenters. The molecule has 1 saturated heterocycles. The molecule has 1 aliphatic heterocycles. The van der Waals surface area contributed by atoms with E-state index < -0.39 is 0 Å². The minimum Gasteiger partial charge on any atom is -0.368 e. The Balaban J connectivity index is 1.76. The number of nitrogens with one attached hydrogen (secondary N) is 2. The van der Waals surface area contributed by atoms with Crippen molar-refractivity contribution in [1.29, 1.82) is 0 Å². The second kappa shape index (κ2) is 8.14. The minimum absolute atomic E-state index is 0.0679. The van der Waals surface area contributed by atoms with Gasteiger partial charge < -0.3 is 15.4 Å². The van der Waals surface area contributed by atoms with Gasteiger partial charge in [-0.05, 0) is 56.5 Å². The summed E-state index contributed by atoms with van der Waals surface area (Å²) in [5.74, 6) is 2.03. The molecular formula is C17H32N2O2. The highest BCUT2D eigenvalue weighted by Crippen LogP contribution is 2.33. The van der Waals surface area contributed by atoms with Gasteiger partial charge in [0, 0.05) is 6.04 Å². The quantitative estimate of drug-likeness (QED) is 0.818. The molecule has 0 spiro atoms. The van der Waals surface area contributed by atoms with Crippen LogP contribution in [-0.4, -0.2) is 37.7 Å². The zero-order chi connectivity index (χ0) is 15.2. The fraction of sp³-hybridized carbons (Fsp3) is 0.941. The van der Waals surface area contributed by atoms with Crippen molar-refractivity contribution in [3.63, 3.8) is 0 Å². The number of carbonyl (C=O) groups excluding carboxylic acids is 1. The van der Waals surface area contributed by atoms with E-state index in [1.165, 1.54) is 12.8 Å². The van der Waals surface area contributed by atoms with E-state index >= 15 is 0 Å². The molecule has 2 fully saturated rings. The maximum absolute atomic E-state index is 12.2. The summed E-state index contributed by atoms with van der Waals surface area (Å²) in [7, 11) is 0. The average molecular weight is 296 g/mol. The fourth-order valence-electron chi connectivity index (χ4n) is 3.77. The van der Waals surface area contributed by atoms with Gasteiger partial charge in [-0.1, -0.05) is 27.2 Å². The molecule has 1 heterocycles. The van der Waals surface area contributed by atoms with E-state index in [-0.39, 0.29) is 18.6 Å². The van der Waals surface area contributed by atoms with E-state index in [0.29, 0.717) is 17.9 Å². The monoisotopic (exact) mass is 296 g/mol. The van der Waals surface area contributed by atoms with Crippen LogP contribution in [0.15, 0.2) is 0 Å². The first-order chi connectivity index (χ1) is 10.1. The number of rotatable bonds is 5. The van der Waals surface area contributed by atoms with Gasteiger partial charge >= 0.3 is 0 Å². The zero-order valence-corrected chi connectivity index (χ0v) is 13.9. The maximum Gasteiger partial charge on any atom is 0.246 e. The molecule has 3 atom stereocenters. The molecule has 1 saturated carbocycles. The standard InChI is InChI=1S/C17H32N2O2/c1-12(2)15-5-4-13(3)10-16(15)19-17(20)11-21-14-6-8-18-9-7-14/h12-16,18H,4-11H2,1-3H3,(H,19,20). The lowest BCUT2D eigenvalue weighted by molar-refractivity contribution is -0.129. The molecular weight excluding hydrogens is 264 g/mol. The molecule has 2 N–H and O–H groups in total. The lowest BCUT2D eigenvalue weighted by Gasteiger charge is -2.37. The van der Waals surface area contributed by atoms with Gasteiger partial charge in [0.15, 0.2) is 0 Å². The lowest BCUT2D eigenvalue weighted by Crippen LogP contribution is -2.47. The second-order valence-corrected chi connectivity index (χ2v) is 7.26. The van der Waals surface area contributed by atoms with Gasteiger partial charge in [-0.15, -0.1) is 0 Å². The SMILES string of the molecule is CC1CCC(C(C)C)C(NC(=O)COC2CCNCC2)C1. The van der Waals surface area contributed by atoms with Crippen molar-refractivity contribution in [2.45, 2.75) is 65.0 Å². The van der Waals surface area contributed by atoms with Crippen LogP contribution in [0.4, 0.5) is 0 Å². The van der Waals surface area contributed by atoms with Crippen molar-refractivity contribution < 1.29 is 9.53 Å². The third kappa shape index (κ3) is 5.26. The van der Waals surface area contributed by atoms with Crippen LogP contribution in [0.3, 0.4) is 0 Å². The van der Waals surface area contributed by atoms with Crippen molar-refractivity contribution >= 4 is 5.91 Å². The average Bonchev–Trinajstić information content (AvgIpc) is 2.46. The minimum atomic E-state index is 0.0679. The summed E-state index contributed by atoms with van der Waals surface area (Å²) in [4.78, 5) is 12.2. The van der Waals surface area contributed by atoms with Gasteiger partial charge in [-0.25, -0.2) is 0 Å². The highest BCUT2D eigenvalue weighted by Gasteiger charge is 2.31. The number of piperidine rings is 1. The Morgan fingerprint density at radius 1 is 1.24 bits per heavy atom. The van der Waals surface area contributed by atoms with E-state index in [1.54, 1.807) is 0 Å². The van der Waals surface area contributed by atoms with Gasteiger partial charge in [-0.2, -0.15) is 0 Å². The van der Waals surface area contributed by atoms with Crippen LogP contribution in [-0.2, 0) is 9.53 Å². The molecule has 0 bridgehead atoms. The molecule has 4 nitrogen and oxygen atoms in total. The number of hydrogen-bond donors (Lipinski definition) is 2. The first-order valence-electron chi connectivity index (χ1n) is 8.68. The van der Waals surface area contributed by atoms with Gasteiger partial charge in [0.1, 0.15) is 6.61 Å². The largest absolute Gasteiger partial charge is 0.368 e. The summed E-state index contributed by atoms with van der Waals surface area (Å²) in [5, 5.41) is 6.55. The van der Waals surface area contributed by atoms with Gasteiger partial charge in [0.05, 0.1) is 6.10 Å². The third-order valence-electron chi connectivity index (χ3n) is 5.10.